The third-order valence-electron chi connectivity index (χ3n) is 2.21. The van der Waals surface area contributed by atoms with Crippen molar-refractivity contribution >= 4 is 11.8 Å². The van der Waals surface area contributed by atoms with Gasteiger partial charge in [0.2, 0.25) is 11.0 Å². The summed E-state index contributed by atoms with van der Waals surface area (Å²) in [5.74, 6) is 1.26. The molecule has 0 unspecified atom stereocenters. The van der Waals surface area contributed by atoms with E-state index in [1.165, 1.54) is 11.8 Å². The van der Waals surface area contributed by atoms with Gasteiger partial charge in [0.25, 0.3) is 0 Å². The van der Waals surface area contributed by atoms with Crippen LogP contribution in [0.4, 0.5) is 0 Å². The molecule has 0 saturated heterocycles. The molecule has 0 aliphatic heterocycles. The van der Waals surface area contributed by atoms with Crippen molar-refractivity contribution in [3.05, 3.63) is 23.9 Å². The van der Waals surface area contributed by atoms with Gasteiger partial charge in [0.1, 0.15) is 0 Å². The minimum Gasteiger partial charge on any atom is -0.481 e. The number of aromatic nitrogens is 5. The summed E-state index contributed by atoms with van der Waals surface area (Å²) in [5, 5.41) is 20.8. The maximum Gasteiger partial charge on any atom is 0.217 e. The van der Waals surface area contributed by atoms with E-state index >= 15 is 0 Å². The maximum absolute atomic E-state index is 8.87. The van der Waals surface area contributed by atoms with E-state index in [0.717, 1.165) is 5.56 Å². The van der Waals surface area contributed by atoms with Gasteiger partial charge in [-0.15, -0.1) is 5.10 Å². The summed E-state index contributed by atoms with van der Waals surface area (Å²) in [6.45, 7) is 0.397. The molecule has 7 nitrogen and oxygen atoms in total. The summed E-state index contributed by atoms with van der Waals surface area (Å²) in [6, 6.07) is 3.80. The molecule has 0 spiro atoms. The van der Waals surface area contributed by atoms with Crippen LogP contribution >= 0.6 is 11.8 Å². The highest BCUT2D eigenvalue weighted by Gasteiger charge is 2.09. The molecule has 0 aromatic carbocycles. The van der Waals surface area contributed by atoms with Gasteiger partial charge in [0, 0.05) is 17.5 Å². The van der Waals surface area contributed by atoms with Crippen molar-refractivity contribution in [3.8, 4) is 5.88 Å². The molecule has 0 saturated carbocycles. The Bertz CT molecular complexity index is 505. The van der Waals surface area contributed by atoms with E-state index < -0.39 is 0 Å². The molecule has 96 valence electrons. The smallest absolute Gasteiger partial charge is 0.217 e. The molecule has 0 bridgehead atoms. The first-order valence-corrected chi connectivity index (χ1v) is 6.31. The average Bonchev–Trinajstić information content (AvgIpc) is 2.84. The summed E-state index contributed by atoms with van der Waals surface area (Å²) in [5.41, 5.74) is 0.976. The number of thioether (sulfide) groups is 1. The van der Waals surface area contributed by atoms with Gasteiger partial charge in [0.15, 0.2) is 0 Å². The molecule has 18 heavy (non-hydrogen) atoms. The van der Waals surface area contributed by atoms with E-state index in [1.807, 2.05) is 12.1 Å². The summed E-state index contributed by atoms with van der Waals surface area (Å²) >= 11 is 1.47. The normalized spacial score (nSPS) is 10.6. The van der Waals surface area contributed by atoms with Crippen LogP contribution in [0.5, 0.6) is 5.88 Å². The molecule has 0 fully saturated rings. The molecule has 0 aliphatic rings. The van der Waals surface area contributed by atoms with Crippen molar-refractivity contribution in [3.63, 3.8) is 0 Å². The third kappa shape index (κ3) is 2.96. The van der Waals surface area contributed by atoms with Crippen molar-refractivity contribution in [2.24, 2.45) is 0 Å². The first-order valence-electron chi connectivity index (χ1n) is 5.33. The van der Waals surface area contributed by atoms with Crippen LogP contribution in [0.1, 0.15) is 5.56 Å². The largest absolute Gasteiger partial charge is 0.481 e. The summed E-state index contributed by atoms with van der Waals surface area (Å²) in [7, 11) is 1.59. The average molecular weight is 267 g/mol. The van der Waals surface area contributed by atoms with Gasteiger partial charge in [-0.1, -0.05) is 17.8 Å². The fraction of sp³-hybridized carbons (Fsp3) is 0.400. The van der Waals surface area contributed by atoms with Crippen LogP contribution in [0.3, 0.4) is 0 Å². The molecule has 8 heteroatoms. The van der Waals surface area contributed by atoms with E-state index in [-0.39, 0.29) is 6.61 Å². The molecule has 0 radical (unpaired) electrons. The van der Waals surface area contributed by atoms with Crippen LogP contribution < -0.4 is 4.74 Å². The number of nitrogens with zero attached hydrogens (tertiary/aromatic N) is 5. The number of rotatable bonds is 6. The lowest BCUT2D eigenvalue weighted by Gasteiger charge is -2.06. The van der Waals surface area contributed by atoms with Crippen LogP contribution in [0.15, 0.2) is 23.5 Å². The van der Waals surface area contributed by atoms with E-state index in [2.05, 4.69) is 20.5 Å². The number of tetrazole rings is 1. The van der Waals surface area contributed by atoms with Crippen molar-refractivity contribution in [2.75, 3.05) is 13.7 Å². The Morgan fingerprint density at radius 2 is 2.39 bits per heavy atom. The Hall–Kier alpha value is -1.67. The van der Waals surface area contributed by atoms with E-state index in [4.69, 9.17) is 9.84 Å². The second kappa shape index (κ2) is 6.31. The number of hydrogen-bond donors (Lipinski definition) is 1. The minimum absolute atomic E-state index is 0.00874. The zero-order chi connectivity index (χ0) is 12.8. The highest BCUT2D eigenvalue weighted by atomic mass is 32.2. The highest BCUT2D eigenvalue weighted by molar-refractivity contribution is 7.98. The number of aliphatic hydroxyl groups is 1. The first kappa shape index (κ1) is 12.8. The van der Waals surface area contributed by atoms with Crippen LogP contribution in [0.2, 0.25) is 0 Å². The second-order valence-corrected chi connectivity index (χ2v) is 4.31. The molecule has 2 rings (SSSR count). The Balaban J connectivity index is 2.04. The molecular weight excluding hydrogens is 254 g/mol. The van der Waals surface area contributed by atoms with Gasteiger partial charge >= 0.3 is 0 Å². The van der Waals surface area contributed by atoms with E-state index in [9.17, 15) is 0 Å². The van der Waals surface area contributed by atoms with Gasteiger partial charge < -0.3 is 9.84 Å². The van der Waals surface area contributed by atoms with Gasteiger partial charge in [-0.2, -0.15) is 0 Å². The van der Waals surface area contributed by atoms with Crippen LogP contribution in [0.25, 0.3) is 0 Å². The summed E-state index contributed by atoms with van der Waals surface area (Å²) in [6.07, 6.45) is 1.68. The Morgan fingerprint density at radius 1 is 1.50 bits per heavy atom. The van der Waals surface area contributed by atoms with Gasteiger partial charge in [0.05, 0.1) is 20.3 Å². The predicted molar refractivity (Wildman–Crippen MR) is 65.3 cm³/mol. The van der Waals surface area contributed by atoms with Crippen molar-refractivity contribution < 1.29 is 9.84 Å². The number of aliphatic hydroxyl groups excluding tert-OH is 1. The SMILES string of the molecule is COc1ncccc1CSc1nnnn1CCO. The number of pyridine rings is 1. The Morgan fingerprint density at radius 3 is 3.17 bits per heavy atom. The monoisotopic (exact) mass is 267 g/mol. The van der Waals surface area contributed by atoms with Gasteiger partial charge in [-0.05, 0) is 16.5 Å². The molecule has 2 aromatic heterocycles. The molecule has 2 aromatic rings. The maximum atomic E-state index is 8.87. The fourth-order valence-corrected chi connectivity index (χ4v) is 2.27. The van der Waals surface area contributed by atoms with Crippen molar-refractivity contribution in [2.45, 2.75) is 17.5 Å². The van der Waals surface area contributed by atoms with Crippen LogP contribution in [-0.2, 0) is 12.3 Å². The Kier molecular flexibility index (Phi) is 4.48. The van der Waals surface area contributed by atoms with Gasteiger partial charge in [-0.25, -0.2) is 9.67 Å². The number of hydrogen-bond acceptors (Lipinski definition) is 7. The lowest BCUT2D eigenvalue weighted by atomic mass is 10.3. The molecule has 0 aliphatic carbocycles. The minimum atomic E-state index is 0.00874. The first-order chi connectivity index (χ1) is 8.85. The second-order valence-electron chi connectivity index (χ2n) is 3.37. The van der Waals surface area contributed by atoms with Crippen molar-refractivity contribution in [1.29, 1.82) is 0 Å². The van der Waals surface area contributed by atoms with E-state index in [1.54, 1.807) is 18.0 Å². The van der Waals surface area contributed by atoms with Crippen LogP contribution in [-0.4, -0.2) is 44.0 Å². The third-order valence-corrected chi connectivity index (χ3v) is 3.22. The van der Waals surface area contributed by atoms with Crippen LogP contribution in [0, 0.1) is 0 Å². The zero-order valence-corrected chi connectivity index (χ0v) is 10.7. The van der Waals surface area contributed by atoms with Crippen molar-refractivity contribution in [1.82, 2.24) is 25.2 Å². The molecule has 0 amide bonds. The van der Waals surface area contributed by atoms with E-state index in [0.29, 0.717) is 23.3 Å². The topological polar surface area (TPSA) is 86.0 Å². The standard InChI is InChI=1S/C10H13N5O2S/c1-17-9-8(3-2-4-11-9)7-18-10-12-13-14-15(10)5-6-16/h2-4,16H,5-7H2,1H3. The molecule has 0 atom stereocenters. The predicted octanol–water partition coefficient (Wildman–Crippen LogP) is 0.361. The molecular formula is C10H13N5O2S. The number of ether oxygens (including phenoxy) is 1. The molecule has 2 heterocycles. The zero-order valence-electron chi connectivity index (χ0n) is 9.85. The lowest BCUT2D eigenvalue weighted by Crippen LogP contribution is -2.05. The lowest BCUT2D eigenvalue weighted by molar-refractivity contribution is 0.262. The Labute approximate surface area is 108 Å². The quantitative estimate of drug-likeness (QED) is 0.756. The summed E-state index contributed by atoms with van der Waals surface area (Å²) in [4.78, 5) is 4.12. The number of methoxy groups -OCH3 is 1. The van der Waals surface area contributed by atoms with Gasteiger partial charge in [-0.3, -0.25) is 0 Å². The highest BCUT2D eigenvalue weighted by Crippen LogP contribution is 2.24. The fourth-order valence-electron chi connectivity index (χ4n) is 1.39. The summed E-state index contributed by atoms with van der Waals surface area (Å²) < 4.78 is 6.73. The molecule has 1 N–H and O–H groups in total.